The van der Waals surface area contributed by atoms with Crippen LogP contribution in [0.25, 0.3) is 0 Å². The fourth-order valence-corrected chi connectivity index (χ4v) is 1.97. The van der Waals surface area contributed by atoms with Gasteiger partial charge in [0.05, 0.1) is 6.54 Å². The van der Waals surface area contributed by atoms with Crippen LogP contribution in [0.1, 0.15) is 18.4 Å². The summed E-state index contributed by atoms with van der Waals surface area (Å²) in [6.45, 7) is 2.34. The van der Waals surface area contributed by atoms with Crippen LogP contribution >= 0.6 is 28.3 Å². The van der Waals surface area contributed by atoms with E-state index in [9.17, 15) is 9.59 Å². The fourth-order valence-electron chi connectivity index (χ4n) is 1.49. The number of rotatable bonds is 6. The van der Waals surface area contributed by atoms with Crippen LogP contribution in [-0.4, -0.2) is 24.9 Å². The Morgan fingerprint density at radius 1 is 1.30 bits per heavy atom. The standard InChI is InChI=1S/C13H18BrN3O2.ClH/c1-9-7-10(14)4-5-11(9)17-13(19)8-16-12(18)3-2-6-15;/h4-5,7H,2-3,6,8,15H2,1H3,(H,16,18)(H,17,19);1H. The molecule has 2 amide bonds. The SMILES string of the molecule is Cc1cc(Br)ccc1NC(=O)CNC(=O)CCCN.Cl. The number of carbonyl (C=O) groups excluding carboxylic acids is 2. The molecule has 0 spiro atoms. The average Bonchev–Trinajstić information content (AvgIpc) is 2.37. The van der Waals surface area contributed by atoms with E-state index >= 15 is 0 Å². The van der Waals surface area contributed by atoms with E-state index in [1.807, 2.05) is 25.1 Å². The molecule has 0 aliphatic rings. The number of aryl methyl sites for hydroxylation is 1. The van der Waals surface area contributed by atoms with Crippen molar-refractivity contribution in [2.24, 2.45) is 5.73 Å². The van der Waals surface area contributed by atoms with E-state index in [0.717, 1.165) is 15.7 Å². The number of hydrogen-bond donors (Lipinski definition) is 3. The zero-order valence-electron chi connectivity index (χ0n) is 11.2. The van der Waals surface area contributed by atoms with Gasteiger partial charge in [0.2, 0.25) is 11.8 Å². The average molecular weight is 365 g/mol. The molecule has 0 bridgehead atoms. The molecule has 0 aliphatic carbocycles. The first-order valence-corrected chi connectivity index (χ1v) is 6.85. The van der Waals surface area contributed by atoms with Gasteiger partial charge in [0, 0.05) is 16.6 Å². The van der Waals surface area contributed by atoms with Gasteiger partial charge in [-0.25, -0.2) is 0 Å². The third-order valence-corrected chi connectivity index (χ3v) is 3.01. The van der Waals surface area contributed by atoms with Crippen molar-refractivity contribution in [3.8, 4) is 0 Å². The molecule has 0 saturated carbocycles. The lowest BCUT2D eigenvalue weighted by Gasteiger charge is -2.09. The molecule has 20 heavy (non-hydrogen) atoms. The number of carbonyl (C=O) groups is 2. The molecule has 1 rings (SSSR count). The maximum atomic E-state index is 11.7. The summed E-state index contributed by atoms with van der Waals surface area (Å²) in [5.41, 5.74) is 7.00. The van der Waals surface area contributed by atoms with Gasteiger partial charge in [0.15, 0.2) is 0 Å². The Kier molecular flexibility index (Phi) is 9.20. The second kappa shape index (κ2) is 9.74. The van der Waals surface area contributed by atoms with E-state index < -0.39 is 0 Å². The van der Waals surface area contributed by atoms with E-state index in [0.29, 0.717) is 19.4 Å². The van der Waals surface area contributed by atoms with Crippen molar-refractivity contribution in [2.45, 2.75) is 19.8 Å². The summed E-state index contributed by atoms with van der Waals surface area (Å²) in [6, 6.07) is 5.57. The summed E-state index contributed by atoms with van der Waals surface area (Å²) in [7, 11) is 0. The van der Waals surface area contributed by atoms with Gasteiger partial charge in [-0.05, 0) is 43.7 Å². The summed E-state index contributed by atoms with van der Waals surface area (Å²) in [4.78, 5) is 23.0. The quantitative estimate of drug-likeness (QED) is 0.721. The lowest BCUT2D eigenvalue weighted by molar-refractivity contribution is -0.124. The lowest BCUT2D eigenvalue weighted by Crippen LogP contribution is -2.33. The van der Waals surface area contributed by atoms with Crippen LogP contribution in [0.3, 0.4) is 0 Å². The van der Waals surface area contributed by atoms with Crippen LogP contribution in [0.4, 0.5) is 5.69 Å². The molecule has 1 aromatic carbocycles. The Balaban J connectivity index is 0.00000361. The second-order valence-corrected chi connectivity index (χ2v) is 5.09. The fraction of sp³-hybridized carbons (Fsp3) is 0.385. The molecular formula is C13H19BrClN3O2. The van der Waals surface area contributed by atoms with Gasteiger partial charge in [0.25, 0.3) is 0 Å². The first-order valence-electron chi connectivity index (χ1n) is 6.05. The van der Waals surface area contributed by atoms with Crippen molar-refractivity contribution in [1.82, 2.24) is 5.32 Å². The molecule has 0 heterocycles. The summed E-state index contributed by atoms with van der Waals surface area (Å²) in [5, 5.41) is 5.30. The zero-order chi connectivity index (χ0) is 14.3. The minimum absolute atomic E-state index is 0. The van der Waals surface area contributed by atoms with Crippen LogP contribution < -0.4 is 16.4 Å². The number of benzene rings is 1. The van der Waals surface area contributed by atoms with Gasteiger partial charge in [0.1, 0.15) is 0 Å². The van der Waals surface area contributed by atoms with E-state index in [1.54, 1.807) is 0 Å². The third-order valence-electron chi connectivity index (χ3n) is 2.52. The number of amides is 2. The van der Waals surface area contributed by atoms with Crippen LogP contribution in [0, 0.1) is 6.92 Å². The molecule has 4 N–H and O–H groups in total. The Hall–Kier alpha value is -1.11. The summed E-state index contributed by atoms with van der Waals surface area (Å²) in [5.74, 6) is -0.403. The molecule has 7 heteroatoms. The van der Waals surface area contributed by atoms with Gasteiger partial charge < -0.3 is 16.4 Å². The molecule has 0 saturated heterocycles. The Bertz CT molecular complexity index is 469. The lowest BCUT2D eigenvalue weighted by atomic mass is 10.2. The monoisotopic (exact) mass is 363 g/mol. The minimum Gasteiger partial charge on any atom is -0.347 e. The third kappa shape index (κ3) is 6.88. The predicted molar refractivity (Wildman–Crippen MR) is 86.1 cm³/mol. The number of hydrogen-bond acceptors (Lipinski definition) is 3. The van der Waals surface area contributed by atoms with Crippen molar-refractivity contribution in [3.05, 3.63) is 28.2 Å². The van der Waals surface area contributed by atoms with Crippen molar-refractivity contribution in [2.75, 3.05) is 18.4 Å². The maximum absolute atomic E-state index is 11.7. The number of halogens is 2. The minimum atomic E-state index is -0.244. The van der Waals surface area contributed by atoms with E-state index in [4.69, 9.17) is 5.73 Å². The van der Waals surface area contributed by atoms with Gasteiger partial charge in [-0.3, -0.25) is 9.59 Å². The first kappa shape index (κ1) is 18.9. The second-order valence-electron chi connectivity index (χ2n) is 4.18. The van der Waals surface area contributed by atoms with Crippen molar-refractivity contribution in [3.63, 3.8) is 0 Å². The van der Waals surface area contributed by atoms with Gasteiger partial charge in [-0.1, -0.05) is 15.9 Å². The highest BCUT2D eigenvalue weighted by atomic mass is 79.9. The van der Waals surface area contributed by atoms with Crippen LogP contribution in [0.2, 0.25) is 0 Å². The smallest absolute Gasteiger partial charge is 0.243 e. The van der Waals surface area contributed by atoms with Crippen LogP contribution in [0.5, 0.6) is 0 Å². The summed E-state index contributed by atoms with van der Waals surface area (Å²) in [6.07, 6.45) is 0.973. The Labute approximate surface area is 133 Å². The molecule has 112 valence electrons. The molecule has 0 atom stereocenters. The number of anilines is 1. The molecule has 0 aliphatic heterocycles. The van der Waals surface area contributed by atoms with Crippen molar-refractivity contribution in [1.29, 1.82) is 0 Å². The normalized spacial score (nSPS) is 9.55. The summed E-state index contributed by atoms with van der Waals surface area (Å²) >= 11 is 3.36. The topological polar surface area (TPSA) is 84.2 Å². The van der Waals surface area contributed by atoms with E-state index in [2.05, 4.69) is 26.6 Å². The van der Waals surface area contributed by atoms with Crippen molar-refractivity contribution < 1.29 is 9.59 Å². The molecule has 0 unspecified atom stereocenters. The molecule has 0 fully saturated rings. The van der Waals surface area contributed by atoms with E-state index in [-0.39, 0.29) is 30.8 Å². The molecule has 0 radical (unpaired) electrons. The predicted octanol–water partition coefficient (Wildman–Crippen LogP) is 1.97. The zero-order valence-corrected chi connectivity index (χ0v) is 13.6. The van der Waals surface area contributed by atoms with Gasteiger partial charge in [-0.2, -0.15) is 0 Å². The Morgan fingerprint density at radius 2 is 2.00 bits per heavy atom. The largest absolute Gasteiger partial charge is 0.347 e. The highest BCUT2D eigenvalue weighted by molar-refractivity contribution is 9.10. The van der Waals surface area contributed by atoms with Crippen molar-refractivity contribution >= 4 is 45.8 Å². The Morgan fingerprint density at radius 3 is 2.60 bits per heavy atom. The highest BCUT2D eigenvalue weighted by Gasteiger charge is 2.07. The van der Waals surface area contributed by atoms with E-state index in [1.165, 1.54) is 0 Å². The number of nitrogens with two attached hydrogens (primary N) is 1. The maximum Gasteiger partial charge on any atom is 0.243 e. The van der Waals surface area contributed by atoms with Crippen LogP contribution in [0.15, 0.2) is 22.7 Å². The molecule has 5 nitrogen and oxygen atoms in total. The molecular weight excluding hydrogens is 346 g/mol. The molecule has 0 aromatic heterocycles. The molecule has 1 aromatic rings. The van der Waals surface area contributed by atoms with Gasteiger partial charge >= 0.3 is 0 Å². The first-order chi connectivity index (χ1) is 9.02. The van der Waals surface area contributed by atoms with Gasteiger partial charge in [-0.15, -0.1) is 12.4 Å². The number of nitrogens with one attached hydrogen (secondary N) is 2. The van der Waals surface area contributed by atoms with Crippen LogP contribution in [-0.2, 0) is 9.59 Å². The highest BCUT2D eigenvalue weighted by Crippen LogP contribution is 2.19. The summed E-state index contributed by atoms with van der Waals surface area (Å²) < 4.78 is 0.957.